The summed E-state index contributed by atoms with van der Waals surface area (Å²) in [5.74, 6) is 1.66. The van der Waals surface area contributed by atoms with E-state index in [0.717, 1.165) is 61.7 Å². The van der Waals surface area contributed by atoms with Crippen molar-refractivity contribution < 1.29 is 13.9 Å². The molecule has 0 spiro atoms. The number of ether oxygens (including phenoxy) is 2. The van der Waals surface area contributed by atoms with Crippen molar-refractivity contribution >= 4 is 16.9 Å². The Morgan fingerprint density at radius 3 is 3.04 bits per heavy atom. The second kappa shape index (κ2) is 9.44. The topological polar surface area (TPSA) is 68.0 Å². The van der Waals surface area contributed by atoms with Gasteiger partial charge in [0.1, 0.15) is 11.3 Å². The molecule has 25 heavy (non-hydrogen) atoms. The number of hydrogen-bond donors (Lipinski definition) is 2. The fourth-order valence-corrected chi connectivity index (χ4v) is 2.89. The van der Waals surface area contributed by atoms with Crippen LogP contribution in [0.25, 0.3) is 11.0 Å². The van der Waals surface area contributed by atoms with Crippen molar-refractivity contribution in [2.45, 2.75) is 31.9 Å². The Morgan fingerprint density at radius 2 is 2.24 bits per heavy atom. The van der Waals surface area contributed by atoms with Crippen molar-refractivity contribution in [3.63, 3.8) is 0 Å². The molecule has 1 atom stereocenters. The monoisotopic (exact) mass is 345 g/mol. The molecule has 2 aromatic rings. The van der Waals surface area contributed by atoms with Crippen molar-refractivity contribution in [1.29, 1.82) is 0 Å². The summed E-state index contributed by atoms with van der Waals surface area (Å²) in [6.45, 7) is 3.73. The molecule has 1 aromatic carbocycles. The van der Waals surface area contributed by atoms with Gasteiger partial charge in [-0.2, -0.15) is 0 Å². The average Bonchev–Trinajstić information content (AvgIpc) is 3.29. The van der Waals surface area contributed by atoms with Crippen molar-refractivity contribution in [2.75, 3.05) is 33.4 Å². The molecule has 1 aliphatic heterocycles. The molecule has 1 unspecified atom stereocenters. The lowest BCUT2D eigenvalue weighted by atomic mass is 10.2. The first-order valence-corrected chi connectivity index (χ1v) is 8.96. The third kappa shape index (κ3) is 5.47. The molecule has 0 bridgehead atoms. The maximum Gasteiger partial charge on any atom is 0.191 e. The molecular weight excluding hydrogens is 318 g/mol. The van der Waals surface area contributed by atoms with Gasteiger partial charge in [0.15, 0.2) is 5.96 Å². The van der Waals surface area contributed by atoms with Crippen LogP contribution in [-0.4, -0.2) is 45.5 Å². The molecule has 2 heterocycles. The summed E-state index contributed by atoms with van der Waals surface area (Å²) in [4.78, 5) is 4.23. The first kappa shape index (κ1) is 17.8. The van der Waals surface area contributed by atoms with Crippen LogP contribution >= 0.6 is 0 Å². The predicted octanol–water partition coefficient (Wildman–Crippen LogP) is 2.68. The normalized spacial score (nSPS) is 18.0. The molecule has 0 amide bonds. The van der Waals surface area contributed by atoms with Crippen molar-refractivity contribution in [2.24, 2.45) is 4.99 Å². The number of hydrogen-bond acceptors (Lipinski definition) is 4. The lowest BCUT2D eigenvalue weighted by Crippen LogP contribution is -2.37. The molecule has 6 nitrogen and oxygen atoms in total. The number of para-hydroxylation sites is 1. The second-order valence-electron chi connectivity index (χ2n) is 6.17. The molecule has 136 valence electrons. The van der Waals surface area contributed by atoms with Crippen LogP contribution in [0.15, 0.2) is 39.7 Å². The molecule has 2 N–H and O–H groups in total. The molecule has 0 aliphatic carbocycles. The van der Waals surface area contributed by atoms with E-state index in [4.69, 9.17) is 13.9 Å². The lowest BCUT2D eigenvalue weighted by molar-refractivity contribution is 0.0168. The molecule has 1 aliphatic rings. The van der Waals surface area contributed by atoms with Crippen LogP contribution in [0.2, 0.25) is 0 Å². The van der Waals surface area contributed by atoms with Gasteiger partial charge in [0.25, 0.3) is 0 Å². The maximum absolute atomic E-state index is 5.79. The van der Waals surface area contributed by atoms with Gasteiger partial charge in [-0.1, -0.05) is 18.2 Å². The van der Waals surface area contributed by atoms with E-state index in [1.807, 2.05) is 24.3 Å². The van der Waals surface area contributed by atoms with E-state index in [1.165, 1.54) is 0 Å². The summed E-state index contributed by atoms with van der Waals surface area (Å²) in [6, 6.07) is 10.1. The van der Waals surface area contributed by atoms with Crippen molar-refractivity contribution in [3.05, 3.63) is 36.1 Å². The summed E-state index contributed by atoms with van der Waals surface area (Å²) in [7, 11) is 1.77. The molecule has 1 aromatic heterocycles. The molecule has 1 fully saturated rings. The molecule has 0 saturated carbocycles. The zero-order chi connectivity index (χ0) is 17.3. The Hall–Kier alpha value is -2.05. The smallest absolute Gasteiger partial charge is 0.191 e. The van der Waals surface area contributed by atoms with Gasteiger partial charge in [0, 0.05) is 32.2 Å². The number of furan rings is 1. The largest absolute Gasteiger partial charge is 0.459 e. The number of nitrogens with zero attached hydrogens (tertiary/aromatic N) is 1. The minimum Gasteiger partial charge on any atom is -0.459 e. The Labute approximate surface area is 148 Å². The van der Waals surface area contributed by atoms with Crippen LogP contribution < -0.4 is 10.6 Å². The van der Waals surface area contributed by atoms with Crippen LogP contribution in [0.4, 0.5) is 0 Å². The minimum absolute atomic E-state index is 0.297. The molecule has 1 saturated heterocycles. The number of fused-ring (bicyclic) bond motifs is 1. The van der Waals surface area contributed by atoms with Gasteiger partial charge in [0.05, 0.1) is 19.3 Å². The van der Waals surface area contributed by atoms with Crippen LogP contribution in [0.3, 0.4) is 0 Å². The first-order valence-electron chi connectivity index (χ1n) is 8.96. The number of guanidine groups is 1. The quantitative estimate of drug-likeness (QED) is 0.437. The Bertz CT molecular complexity index is 644. The summed E-state index contributed by atoms with van der Waals surface area (Å²) in [6.07, 6.45) is 3.50. The van der Waals surface area contributed by atoms with Crippen LogP contribution in [-0.2, 0) is 16.0 Å². The summed E-state index contributed by atoms with van der Waals surface area (Å²) in [5.41, 5.74) is 0.908. The summed E-state index contributed by atoms with van der Waals surface area (Å²) < 4.78 is 17.0. The van der Waals surface area contributed by atoms with E-state index in [1.54, 1.807) is 7.05 Å². The standard InChI is InChI=1S/C19H27N3O3/c1-20-19(21-9-5-10-23-14-16-7-4-11-24-16)22-13-17-12-15-6-2-3-8-18(15)25-17/h2-3,6,8,12,16H,4-5,7,9-11,13-14H2,1H3,(H2,20,21,22). The SMILES string of the molecule is CN=C(NCCCOCC1CCCO1)NCc1cc2ccccc2o1. The van der Waals surface area contributed by atoms with Gasteiger partial charge in [0.2, 0.25) is 0 Å². The van der Waals surface area contributed by atoms with Crippen molar-refractivity contribution in [1.82, 2.24) is 10.6 Å². The number of nitrogens with one attached hydrogen (secondary N) is 2. The van der Waals surface area contributed by atoms with Crippen LogP contribution in [0.5, 0.6) is 0 Å². The Kier molecular flexibility index (Phi) is 6.71. The van der Waals surface area contributed by atoms with Gasteiger partial charge < -0.3 is 24.5 Å². The second-order valence-corrected chi connectivity index (χ2v) is 6.17. The van der Waals surface area contributed by atoms with Crippen LogP contribution in [0.1, 0.15) is 25.0 Å². The highest BCUT2D eigenvalue weighted by atomic mass is 16.5. The zero-order valence-corrected chi connectivity index (χ0v) is 14.8. The number of aliphatic imine (C=N–C) groups is 1. The van der Waals surface area contributed by atoms with E-state index >= 15 is 0 Å². The molecule has 3 rings (SSSR count). The van der Waals surface area contributed by atoms with E-state index in [-0.39, 0.29) is 0 Å². The maximum atomic E-state index is 5.79. The highest BCUT2D eigenvalue weighted by Crippen LogP contribution is 2.18. The molecular formula is C19H27N3O3. The third-order valence-corrected chi connectivity index (χ3v) is 4.22. The van der Waals surface area contributed by atoms with Gasteiger partial charge in [-0.15, -0.1) is 0 Å². The molecule has 0 radical (unpaired) electrons. The zero-order valence-electron chi connectivity index (χ0n) is 14.8. The van der Waals surface area contributed by atoms with Gasteiger partial charge in [-0.25, -0.2) is 0 Å². The predicted molar refractivity (Wildman–Crippen MR) is 98.8 cm³/mol. The molecule has 6 heteroatoms. The van der Waals surface area contributed by atoms with E-state index in [0.29, 0.717) is 19.3 Å². The average molecular weight is 345 g/mol. The highest BCUT2D eigenvalue weighted by molar-refractivity contribution is 5.80. The number of rotatable bonds is 8. The Balaban J connectivity index is 1.31. The fraction of sp³-hybridized carbons (Fsp3) is 0.526. The minimum atomic E-state index is 0.297. The lowest BCUT2D eigenvalue weighted by Gasteiger charge is -2.12. The van der Waals surface area contributed by atoms with E-state index in [2.05, 4.69) is 21.7 Å². The van der Waals surface area contributed by atoms with Crippen molar-refractivity contribution in [3.8, 4) is 0 Å². The first-order chi connectivity index (χ1) is 12.3. The van der Waals surface area contributed by atoms with E-state index in [9.17, 15) is 0 Å². The fourth-order valence-electron chi connectivity index (χ4n) is 2.89. The Morgan fingerprint density at radius 1 is 1.32 bits per heavy atom. The van der Waals surface area contributed by atoms with Gasteiger partial charge in [-0.05, 0) is 31.4 Å². The van der Waals surface area contributed by atoms with E-state index < -0.39 is 0 Å². The van der Waals surface area contributed by atoms with Gasteiger partial charge in [-0.3, -0.25) is 4.99 Å². The summed E-state index contributed by atoms with van der Waals surface area (Å²) in [5, 5.41) is 7.67. The number of benzene rings is 1. The third-order valence-electron chi connectivity index (χ3n) is 4.22. The summed E-state index contributed by atoms with van der Waals surface area (Å²) >= 11 is 0. The highest BCUT2D eigenvalue weighted by Gasteiger charge is 2.14. The van der Waals surface area contributed by atoms with Gasteiger partial charge >= 0.3 is 0 Å². The van der Waals surface area contributed by atoms with Crippen LogP contribution in [0, 0.1) is 0 Å².